The van der Waals surface area contributed by atoms with Crippen molar-refractivity contribution < 1.29 is 9.53 Å². The average Bonchev–Trinajstić information content (AvgIpc) is 3.57. The molecule has 3 aromatic rings. The summed E-state index contributed by atoms with van der Waals surface area (Å²) in [6.45, 7) is 11.7. The molecule has 238 valence electrons. The normalized spacial score (nSPS) is 19.6. The molecule has 14 heteroatoms. The van der Waals surface area contributed by atoms with Crippen molar-refractivity contribution in [1.29, 1.82) is 0 Å². The van der Waals surface area contributed by atoms with Crippen LogP contribution in [0.2, 0.25) is 0 Å². The van der Waals surface area contributed by atoms with Crippen molar-refractivity contribution in [1.82, 2.24) is 30.0 Å². The maximum absolute atomic E-state index is 13.3. The van der Waals surface area contributed by atoms with Gasteiger partial charge in [-0.25, -0.2) is 15.0 Å². The predicted molar refractivity (Wildman–Crippen MR) is 178 cm³/mol. The minimum Gasteiger partial charge on any atom is -0.372 e. The number of nitrogens with one attached hydrogen (secondary N) is 2. The average molecular weight is 674 g/mol. The van der Waals surface area contributed by atoms with Crippen LogP contribution in [-0.2, 0) is 23.2 Å². The summed E-state index contributed by atoms with van der Waals surface area (Å²) >= 11 is 1.41. The molecule has 6 rings (SSSR count). The SMILES string of the molecule is CC1(C)CCC(N2CCC(OCc3csc(NC(=O)c4[nH]nc5c4C(C)(C)Cc4cnc(N)nc4-5)n3)CC2)CC1.Cl.Cl.Cl. The van der Waals surface area contributed by atoms with Gasteiger partial charge in [-0.3, -0.25) is 15.2 Å². The maximum Gasteiger partial charge on any atom is 0.275 e. The number of rotatable bonds is 6. The van der Waals surface area contributed by atoms with Gasteiger partial charge in [0.05, 0.1) is 24.1 Å². The summed E-state index contributed by atoms with van der Waals surface area (Å²) in [5, 5.41) is 12.8. The molecule has 10 nitrogen and oxygen atoms in total. The van der Waals surface area contributed by atoms with Crippen molar-refractivity contribution in [3.63, 3.8) is 0 Å². The number of hydrogen-bond acceptors (Lipinski definition) is 9. The molecular formula is C29H43Cl3N8O2S. The van der Waals surface area contributed by atoms with Gasteiger partial charge in [-0.15, -0.1) is 48.6 Å². The fourth-order valence-electron chi connectivity index (χ4n) is 6.61. The van der Waals surface area contributed by atoms with Crippen LogP contribution in [0.3, 0.4) is 0 Å². The molecule has 1 aliphatic heterocycles. The van der Waals surface area contributed by atoms with Gasteiger partial charge in [0.2, 0.25) is 5.95 Å². The van der Waals surface area contributed by atoms with E-state index in [1.807, 2.05) is 5.38 Å². The quantitative estimate of drug-likeness (QED) is 0.281. The van der Waals surface area contributed by atoms with Gasteiger partial charge in [0, 0.05) is 36.3 Å². The third kappa shape index (κ3) is 7.62. The first-order valence-electron chi connectivity index (χ1n) is 14.4. The van der Waals surface area contributed by atoms with Gasteiger partial charge in [0.1, 0.15) is 11.4 Å². The number of aromatic nitrogens is 5. The summed E-state index contributed by atoms with van der Waals surface area (Å²) in [6, 6.07) is 0.742. The van der Waals surface area contributed by atoms with Gasteiger partial charge in [-0.05, 0) is 61.3 Å². The topological polar surface area (TPSA) is 135 Å². The van der Waals surface area contributed by atoms with Crippen LogP contribution in [0.1, 0.15) is 93.5 Å². The van der Waals surface area contributed by atoms with Gasteiger partial charge in [0.25, 0.3) is 5.91 Å². The van der Waals surface area contributed by atoms with E-state index < -0.39 is 0 Å². The number of thiazole rings is 1. The van der Waals surface area contributed by atoms with Crippen LogP contribution >= 0.6 is 48.6 Å². The minimum absolute atomic E-state index is 0. The predicted octanol–water partition coefficient (Wildman–Crippen LogP) is 6.21. The number of halogens is 3. The number of nitrogen functional groups attached to an aromatic ring is 1. The molecule has 4 heterocycles. The summed E-state index contributed by atoms with van der Waals surface area (Å²) in [6.07, 6.45) is 10.1. The van der Waals surface area contributed by atoms with Crippen LogP contribution < -0.4 is 11.1 Å². The number of nitrogens with two attached hydrogens (primary N) is 1. The van der Waals surface area contributed by atoms with Gasteiger partial charge in [-0.1, -0.05) is 27.7 Å². The second-order valence-corrected chi connectivity index (χ2v) is 13.9. The number of hydrogen-bond donors (Lipinski definition) is 3. The van der Waals surface area contributed by atoms with Crippen LogP contribution in [0.4, 0.5) is 11.1 Å². The number of likely N-dealkylation sites (tertiary alicyclic amines) is 1. The molecule has 0 unspecified atom stereocenters. The number of carbonyl (C=O) groups excluding carboxylic acids is 1. The van der Waals surface area contributed by atoms with Crippen molar-refractivity contribution in [2.24, 2.45) is 5.41 Å². The fourth-order valence-corrected chi connectivity index (χ4v) is 7.30. The minimum atomic E-state index is -0.327. The van der Waals surface area contributed by atoms with Gasteiger partial charge in [0.15, 0.2) is 5.13 Å². The summed E-state index contributed by atoms with van der Waals surface area (Å²) < 4.78 is 6.24. The molecular weight excluding hydrogens is 631 g/mol. The molecule has 1 saturated carbocycles. The standard InChI is InChI=1S/C29H40N8O2S.3ClH/c1-28(2)9-5-19(6-10-28)37-11-7-20(8-12-37)39-15-18-16-40-27(32-18)34-25(38)24-21-23(35-36-24)22-17(13-29(21,3)4)14-31-26(30)33-22;;;/h14,16,19-20H,5-13,15H2,1-4H3,(H,35,36)(H2,30,31,33)(H,32,34,38);3*1H. The highest BCUT2D eigenvalue weighted by Gasteiger charge is 2.39. The number of piperidine rings is 1. The fraction of sp³-hybridized carbons (Fsp3) is 0.621. The lowest BCUT2D eigenvalue weighted by atomic mass is 9.73. The number of ether oxygens (including phenoxy) is 1. The van der Waals surface area contributed by atoms with E-state index in [9.17, 15) is 4.79 Å². The summed E-state index contributed by atoms with van der Waals surface area (Å²) in [5.41, 5.74) is 10.4. The molecule has 0 radical (unpaired) electrons. The Labute approximate surface area is 276 Å². The van der Waals surface area contributed by atoms with Crippen molar-refractivity contribution in [3.05, 3.63) is 34.1 Å². The van der Waals surface area contributed by atoms with Crippen LogP contribution in [0.15, 0.2) is 11.6 Å². The van der Waals surface area contributed by atoms with Crippen molar-refractivity contribution in [2.75, 3.05) is 24.1 Å². The zero-order valence-corrected chi connectivity index (χ0v) is 28.4. The van der Waals surface area contributed by atoms with Gasteiger partial charge in [-0.2, -0.15) is 5.10 Å². The molecule has 3 aromatic heterocycles. The first-order chi connectivity index (χ1) is 19.1. The lowest BCUT2D eigenvalue weighted by molar-refractivity contribution is -0.0193. The number of amides is 1. The Bertz CT molecular complexity index is 1390. The third-order valence-corrected chi connectivity index (χ3v) is 9.76. The maximum atomic E-state index is 13.3. The Morgan fingerprint density at radius 3 is 2.49 bits per heavy atom. The third-order valence-electron chi connectivity index (χ3n) is 8.95. The lowest BCUT2D eigenvalue weighted by Gasteiger charge is -2.43. The van der Waals surface area contributed by atoms with Gasteiger partial charge >= 0.3 is 0 Å². The molecule has 0 aromatic carbocycles. The number of H-pyrrole nitrogens is 1. The Hall–Kier alpha value is -2.02. The van der Waals surface area contributed by atoms with E-state index in [0.717, 1.165) is 48.8 Å². The summed E-state index contributed by atoms with van der Waals surface area (Å²) in [7, 11) is 0. The molecule has 0 spiro atoms. The Kier molecular flexibility index (Phi) is 11.5. The van der Waals surface area contributed by atoms with Gasteiger partial charge < -0.3 is 15.4 Å². The number of anilines is 2. The Morgan fingerprint density at radius 1 is 1.09 bits per heavy atom. The summed E-state index contributed by atoms with van der Waals surface area (Å²) in [5.74, 6) is -0.0811. The molecule has 3 aliphatic rings. The highest BCUT2D eigenvalue weighted by Crippen LogP contribution is 2.43. The number of carbonyl (C=O) groups is 1. The van der Waals surface area contributed by atoms with Crippen LogP contribution in [0.25, 0.3) is 11.4 Å². The molecule has 1 saturated heterocycles. The Morgan fingerprint density at radius 2 is 1.79 bits per heavy atom. The van der Waals surface area contributed by atoms with E-state index in [4.69, 9.17) is 10.5 Å². The van der Waals surface area contributed by atoms with E-state index in [2.05, 4.69) is 63.1 Å². The monoisotopic (exact) mass is 672 g/mol. The van der Waals surface area contributed by atoms with E-state index in [0.29, 0.717) is 40.7 Å². The van der Waals surface area contributed by atoms with Crippen LogP contribution in [0, 0.1) is 5.41 Å². The van der Waals surface area contributed by atoms with Crippen LogP contribution in [0.5, 0.6) is 0 Å². The van der Waals surface area contributed by atoms with Crippen molar-refractivity contribution in [3.8, 4) is 11.4 Å². The molecule has 1 amide bonds. The largest absolute Gasteiger partial charge is 0.372 e. The second kappa shape index (κ2) is 14.0. The first-order valence-corrected chi connectivity index (χ1v) is 15.3. The zero-order valence-electron chi connectivity index (χ0n) is 25.1. The van der Waals surface area contributed by atoms with Crippen LogP contribution in [-0.4, -0.2) is 61.2 Å². The van der Waals surface area contributed by atoms with E-state index in [1.165, 1.54) is 37.0 Å². The molecule has 4 N–H and O–H groups in total. The molecule has 2 aliphatic carbocycles. The highest BCUT2D eigenvalue weighted by molar-refractivity contribution is 7.14. The number of aromatic amines is 1. The second-order valence-electron chi connectivity index (χ2n) is 13.0. The van der Waals surface area contributed by atoms with Crippen molar-refractivity contribution in [2.45, 2.75) is 96.8 Å². The first kappa shape index (κ1) is 35.5. The molecule has 2 fully saturated rings. The highest BCUT2D eigenvalue weighted by atomic mass is 35.5. The number of nitrogens with zero attached hydrogens (tertiary/aromatic N) is 5. The van der Waals surface area contributed by atoms with E-state index >= 15 is 0 Å². The smallest absolute Gasteiger partial charge is 0.275 e. The molecule has 0 atom stereocenters. The Balaban J connectivity index is 0.00000169. The molecule has 0 bridgehead atoms. The van der Waals surface area contributed by atoms with E-state index in [-0.39, 0.29) is 60.6 Å². The molecule has 43 heavy (non-hydrogen) atoms. The lowest BCUT2D eigenvalue weighted by Crippen LogP contribution is -2.45. The summed E-state index contributed by atoms with van der Waals surface area (Å²) in [4.78, 5) is 29.2. The van der Waals surface area contributed by atoms with Crippen molar-refractivity contribution >= 4 is 65.5 Å². The number of fused-ring (bicyclic) bond motifs is 3. The zero-order chi connectivity index (χ0) is 28.1. The van der Waals surface area contributed by atoms with E-state index in [1.54, 1.807) is 6.20 Å².